The second kappa shape index (κ2) is 5.91. The van der Waals surface area contributed by atoms with Crippen LogP contribution in [0.4, 0.5) is 5.69 Å². The minimum atomic E-state index is -1.14. The van der Waals surface area contributed by atoms with Crippen molar-refractivity contribution in [2.45, 2.75) is 51.6 Å². The Morgan fingerprint density at radius 1 is 1.15 bits per heavy atom. The molecule has 4 atom stereocenters. The van der Waals surface area contributed by atoms with Crippen molar-refractivity contribution in [3.63, 3.8) is 0 Å². The van der Waals surface area contributed by atoms with Crippen LogP contribution in [0.3, 0.4) is 0 Å². The van der Waals surface area contributed by atoms with E-state index < -0.39 is 17.4 Å². The number of imide groups is 1. The van der Waals surface area contributed by atoms with Gasteiger partial charge < -0.3 is 5.32 Å². The fourth-order valence-corrected chi connectivity index (χ4v) is 4.83. The number of amides is 3. The summed E-state index contributed by atoms with van der Waals surface area (Å²) in [5.41, 5.74) is 1.51. The quantitative estimate of drug-likeness (QED) is 0.807. The molecule has 0 radical (unpaired) electrons. The monoisotopic (exact) mass is 355 g/mol. The van der Waals surface area contributed by atoms with Gasteiger partial charge in [-0.25, -0.2) is 0 Å². The van der Waals surface area contributed by atoms with Crippen molar-refractivity contribution in [1.29, 1.82) is 0 Å². The number of likely N-dealkylation sites (tertiary alicyclic amines) is 1. The smallest absolute Gasteiger partial charge is 0.250 e. The van der Waals surface area contributed by atoms with Crippen molar-refractivity contribution < 1.29 is 14.4 Å². The first kappa shape index (κ1) is 17.2. The molecular weight excluding hydrogens is 330 g/mol. The van der Waals surface area contributed by atoms with Gasteiger partial charge >= 0.3 is 0 Å². The number of hydrogen-bond donors (Lipinski definition) is 2. The predicted molar refractivity (Wildman–Crippen MR) is 97.3 cm³/mol. The van der Waals surface area contributed by atoms with Gasteiger partial charge in [-0.05, 0) is 31.4 Å². The molecule has 2 N–H and O–H groups in total. The van der Waals surface area contributed by atoms with Gasteiger partial charge in [0.05, 0.1) is 11.8 Å². The van der Waals surface area contributed by atoms with E-state index in [0.717, 1.165) is 36.1 Å². The van der Waals surface area contributed by atoms with Crippen LogP contribution in [0.5, 0.6) is 0 Å². The summed E-state index contributed by atoms with van der Waals surface area (Å²) in [6.07, 6.45) is 2.54. The third-order valence-corrected chi connectivity index (χ3v) is 6.16. The summed E-state index contributed by atoms with van der Waals surface area (Å²) in [6, 6.07) is 5.66. The Hall–Kier alpha value is -2.21. The number of carbonyl (C=O) groups is 3. The van der Waals surface area contributed by atoms with Gasteiger partial charge in [0, 0.05) is 23.8 Å². The molecule has 2 fully saturated rings. The molecular formula is C20H25N3O3. The minimum Gasteiger partial charge on any atom is -0.324 e. The molecule has 6 nitrogen and oxygen atoms in total. The number of anilines is 1. The van der Waals surface area contributed by atoms with E-state index in [0.29, 0.717) is 6.54 Å². The first-order valence-corrected chi connectivity index (χ1v) is 9.53. The normalized spacial score (nSPS) is 32.3. The van der Waals surface area contributed by atoms with Gasteiger partial charge in [-0.1, -0.05) is 32.4 Å². The highest BCUT2D eigenvalue weighted by Crippen LogP contribution is 2.52. The molecule has 2 saturated heterocycles. The third-order valence-electron chi connectivity index (χ3n) is 6.16. The van der Waals surface area contributed by atoms with Crippen molar-refractivity contribution in [1.82, 2.24) is 10.2 Å². The molecule has 3 aliphatic heterocycles. The second-order valence-electron chi connectivity index (χ2n) is 7.61. The fraction of sp³-hybridized carbons (Fsp3) is 0.550. The largest absolute Gasteiger partial charge is 0.324 e. The molecule has 4 rings (SSSR count). The van der Waals surface area contributed by atoms with Crippen LogP contribution in [0.1, 0.15) is 44.7 Å². The maximum absolute atomic E-state index is 13.2. The summed E-state index contributed by atoms with van der Waals surface area (Å²) in [5, 5.41) is 6.27. The van der Waals surface area contributed by atoms with Crippen LogP contribution in [-0.4, -0.2) is 35.2 Å². The molecule has 1 aromatic rings. The first-order valence-electron chi connectivity index (χ1n) is 9.53. The molecule has 3 amide bonds. The molecule has 0 aromatic heterocycles. The van der Waals surface area contributed by atoms with Crippen molar-refractivity contribution in [3.05, 3.63) is 29.3 Å². The lowest BCUT2D eigenvalue weighted by molar-refractivity contribution is -0.142. The molecule has 3 aliphatic rings. The lowest BCUT2D eigenvalue weighted by Gasteiger charge is -2.29. The Bertz CT molecular complexity index is 805. The lowest BCUT2D eigenvalue weighted by Crippen LogP contribution is -2.53. The number of aryl methyl sites for hydroxylation is 1. The number of carbonyl (C=O) groups excluding carboxylic acids is 3. The van der Waals surface area contributed by atoms with E-state index in [1.165, 1.54) is 4.90 Å². The van der Waals surface area contributed by atoms with E-state index in [1.807, 2.05) is 32.0 Å². The molecule has 2 unspecified atom stereocenters. The molecule has 1 aromatic carbocycles. The first-order chi connectivity index (χ1) is 12.5. The van der Waals surface area contributed by atoms with Crippen LogP contribution < -0.4 is 10.6 Å². The van der Waals surface area contributed by atoms with Gasteiger partial charge in [-0.15, -0.1) is 0 Å². The van der Waals surface area contributed by atoms with Crippen molar-refractivity contribution >= 4 is 23.4 Å². The molecule has 1 spiro atoms. The average Bonchev–Trinajstić information content (AvgIpc) is 3.18. The number of fused-ring (bicyclic) bond motifs is 4. The van der Waals surface area contributed by atoms with Crippen LogP contribution in [0, 0.1) is 11.8 Å². The van der Waals surface area contributed by atoms with Gasteiger partial charge in [0.15, 0.2) is 0 Å². The Morgan fingerprint density at radius 2 is 1.92 bits per heavy atom. The van der Waals surface area contributed by atoms with Crippen LogP contribution in [0.15, 0.2) is 18.2 Å². The fourth-order valence-electron chi connectivity index (χ4n) is 4.83. The highest BCUT2D eigenvalue weighted by atomic mass is 16.2. The van der Waals surface area contributed by atoms with Gasteiger partial charge in [0.1, 0.15) is 5.54 Å². The molecule has 3 heterocycles. The van der Waals surface area contributed by atoms with E-state index in [2.05, 4.69) is 17.6 Å². The molecule has 26 heavy (non-hydrogen) atoms. The summed E-state index contributed by atoms with van der Waals surface area (Å²) >= 11 is 0. The van der Waals surface area contributed by atoms with Crippen LogP contribution in [-0.2, 0) is 26.3 Å². The Morgan fingerprint density at radius 3 is 2.62 bits per heavy atom. The van der Waals surface area contributed by atoms with Crippen molar-refractivity contribution in [3.8, 4) is 0 Å². The topological polar surface area (TPSA) is 78.5 Å². The van der Waals surface area contributed by atoms with Gasteiger partial charge in [-0.2, -0.15) is 0 Å². The number of nitrogens with one attached hydrogen (secondary N) is 2. The standard InChI is InChI=1S/C20H25N3O3/c1-4-6-9-23-17(24)15-11(3)22-20(16(15)18(23)25)13-10-12(5-2)7-8-14(13)21-19(20)26/h7-8,10-11,15-16,22H,4-6,9H2,1-3H3,(H,21,26)/t11?,15-,16+,20?/m1/s1. The zero-order valence-electron chi connectivity index (χ0n) is 15.5. The number of nitrogens with zero attached hydrogens (tertiary/aromatic N) is 1. The van der Waals surface area contributed by atoms with Crippen molar-refractivity contribution in [2.24, 2.45) is 11.8 Å². The minimum absolute atomic E-state index is 0.141. The Kier molecular flexibility index (Phi) is 3.91. The zero-order chi connectivity index (χ0) is 18.6. The molecule has 0 saturated carbocycles. The molecule has 0 bridgehead atoms. The van der Waals surface area contributed by atoms with E-state index in [4.69, 9.17) is 0 Å². The lowest BCUT2D eigenvalue weighted by atomic mass is 9.76. The van der Waals surface area contributed by atoms with Crippen molar-refractivity contribution in [2.75, 3.05) is 11.9 Å². The summed E-state index contributed by atoms with van der Waals surface area (Å²) in [7, 11) is 0. The van der Waals surface area contributed by atoms with Crippen LogP contribution in [0.25, 0.3) is 0 Å². The van der Waals surface area contributed by atoms with E-state index >= 15 is 0 Å². The maximum atomic E-state index is 13.2. The van der Waals surface area contributed by atoms with Gasteiger partial charge in [0.25, 0.3) is 0 Å². The Balaban J connectivity index is 1.83. The third kappa shape index (κ3) is 2.05. The number of benzene rings is 1. The number of hydrogen-bond acceptors (Lipinski definition) is 4. The molecule has 138 valence electrons. The SMILES string of the molecule is CCCCN1C(=O)[C@@H]2C(C)NC3(C(=O)Nc4ccc(CC)cc43)[C@@H]2C1=O. The van der Waals surface area contributed by atoms with Gasteiger partial charge in [-0.3, -0.25) is 24.6 Å². The van der Waals surface area contributed by atoms with Crippen LogP contribution in [0.2, 0.25) is 0 Å². The summed E-state index contributed by atoms with van der Waals surface area (Å²) in [5.74, 6) is -1.73. The van der Waals surface area contributed by atoms with E-state index in [9.17, 15) is 14.4 Å². The predicted octanol–water partition coefficient (Wildman–Crippen LogP) is 1.79. The van der Waals surface area contributed by atoms with Gasteiger partial charge in [0.2, 0.25) is 17.7 Å². The average molecular weight is 355 g/mol. The molecule has 0 aliphatic carbocycles. The Labute approximate surface area is 153 Å². The van der Waals surface area contributed by atoms with E-state index in [1.54, 1.807) is 0 Å². The summed E-state index contributed by atoms with van der Waals surface area (Å²) in [6.45, 7) is 6.43. The molecule has 6 heteroatoms. The number of unbranched alkanes of at least 4 members (excludes halogenated alkanes) is 1. The highest BCUT2D eigenvalue weighted by molar-refractivity contribution is 6.15. The number of rotatable bonds is 4. The highest BCUT2D eigenvalue weighted by Gasteiger charge is 2.69. The maximum Gasteiger partial charge on any atom is 0.250 e. The van der Waals surface area contributed by atoms with Crippen LogP contribution >= 0.6 is 0 Å². The second-order valence-corrected chi connectivity index (χ2v) is 7.61. The summed E-state index contributed by atoms with van der Waals surface area (Å²) in [4.78, 5) is 40.6. The zero-order valence-corrected chi connectivity index (χ0v) is 15.5. The summed E-state index contributed by atoms with van der Waals surface area (Å²) < 4.78 is 0. The van der Waals surface area contributed by atoms with E-state index in [-0.39, 0.29) is 23.8 Å².